The number of carbonyl (C=O) groups is 3. The number of esters is 1. The van der Waals surface area contributed by atoms with E-state index >= 15 is 0 Å². The van der Waals surface area contributed by atoms with E-state index in [0.29, 0.717) is 24.2 Å². The van der Waals surface area contributed by atoms with Crippen LogP contribution in [0.5, 0.6) is 5.75 Å². The molecular weight excluding hydrogens is 685 g/mol. The Morgan fingerprint density at radius 1 is 0.940 bits per heavy atom. The van der Waals surface area contributed by atoms with E-state index in [1.54, 1.807) is 26.2 Å². The zero-order valence-electron chi connectivity index (χ0n) is 27.7. The molecule has 2 amide bonds. The Morgan fingerprint density at radius 2 is 1.64 bits per heavy atom. The van der Waals surface area contributed by atoms with Gasteiger partial charge in [0.25, 0.3) is 21.6 Å². The Labute approximate surface area is 294 Å². The van der Waals surface area contributed by atoms with Crippen molar-refractivity contribution in [2.24, 2.45) is 0 Å². The van der Waals surface area contributed by atoms with E-state index in [2.05, 4.69) is 5.32 Å². The van der Waals surface area contributed by atoms with Crippen LogP contribution in [0.3, 0.4) is 0 Å². The molecule has 0 saturated carbocycles. The lowest BCUT2D eigenvalue weighted by atomic mass is 9.99. The van der Waals surface area contributed by atoms with E-state index in [1.165, 1.54) is 43.0 Å². The van der Waals surface area contributed by atoms with Crippen molar-refractivity contribution in [2.45, 2.75) is 28.7 Å². The molecule has 0 radical (unpaired) electrons. The number of hydrogen-bond acceptors (Lipinski definition) is 11. The highest BCUT2D eigenvalue weighted by atomic mass is 32.2. The number of anilines is 1. The summed E-state index contributed by atoms with van der Waals surface area (Å²) in [5.41, 5.74) is 1.64. The molecule has 0 saturated heterocycles. The first-order chi connectivity index (χ1) is 23.8. The van der Waals surface area contributed by atoms with E-state index in [4.69, 9.17) is 9.47 Å². The number of thioether (sulfide) groups is 1. The van der Waals surface area contributed by atoms with Crippen molar-refractivity contribution in [3.8, 4) is 16.9 Å². The summed E-state index contributed by atoms with van der Waals surface area (Å²) in [6, 6.07) is 23.0. The standard InChI is InChI=1S/C35H36N4O9S2/c1-38(2)33(40)19-11-23-10-17-28(32(20-23)47-3)24-12-14-25(15-13-24)34(41)37-50(45,46)27-16-18-29(31(21-27)39(43)44)36-30(35(42)48-4)22-49-26-8-6-5-7-9-26/h5-10,12-18,20-21,30,36H,11,19,22H2,1-4H3,(H,37,41)/t30-/m0/s1. The SMILES string of the molecule is COC(=O)[C@H](CSc1ccccc1)Nc1ccc(S(=O)(=O)NC(=O)c2ccc(-c3ccc(CCC(=O)N(C)C)cc3OC)cc2)cc1[N+](=O)[O-]. The van der Waals surface area contributed by atoms with Crippen molar-refractivity contribution in [2.75, 3.05) is 39.4 Å². The molecule has 0 aliphatic rings. The molecule has 13 nitrogen and oxygen atoms in total. The average molecular weight is 721 g/mol. The van der Waals surface area contributed by atoms with E-state index in [9.17, 15) is 32.9 Å². The van der Waals surface area contributed by atoms with Crippen LogP contribution in [0.25, 0.3) is 11.1 Å². The largest absolute Gasteiger partial charge is 0.496 e. The molecule has 262 valence electrons. The molecule has 0 aliphatic carbocycles. The third-order valence-electron chi connectivity index (χ3n) is 7.53. The molecule has 0 fully saturated rings. The maximum Gasteiger partial charge on any atom is 0.329 e. The van der Waals surface area contributed by atoms with Gasteiger partial charge in [-0.3, -0.25) is 19.7 Å². The predicted octanol–water partition coefficient (Wildman–Crippen LogP) is 5.16. The fourth-order valence-corrected chi connectivity index (χ4v) is 6.71. The lowest BCUT2D eigenvalue weighted by molar-refractivity contribution is -0.384. The maximum atomic E-state index is 13.2. The number of benzene rings is 4. The van der Waals surface area contributed by atoms with Crippen LogP contribution in [0, 0.1) is 10.1 Å². The second-order valence-electron chi connectivity index (χ2n) is 11.1. The number of nitrogens with zero attached hydrogens (tertiary/aromatic N) is 2. The molecule has 4 aromatic carbocycles. The molecule has 2 N–H and O–H groups in total. The summed E-state index contributed by atoms with van der Waals surface area (Å²) in [6.07, 6.45) is 0.881. The third kappa shape index (κ3) is 9.60. The lowest BCUT2D eigenvalue weighted by Gasteiger charge is -2.18. The van der Waals surface area contributed by atoms with Gasteiger partial charge < -0.3 is 19.7 Å². The fourth-order valence-electron chi connectivity index (χ4n) is 4.79. The number of aryl methyl sites for hydroxylation is 1. The molecule has 4 rings (SSSR count). The maximum absolute atomic E-state index is 13.2. The van der Waals surface area contributed by atoms with E-state index in [0.717, 1.165) is 34.2 Å². The van der Waals surface area contributed by atoms with Gasteiger partial charge in [-0.05, 0) is 60.0 Å². The van der Waals surface area contributed by atoms with Crippen LogP contribution in [0.1, 0.15) is 22.3 Å². The Balaban J connectivity index is 1.48. The highest BCUT2D eigenvalue weighted by molar-refractivity contribution is 7.99. The molecule has 1 atom stereocenters. The summed E-state index contributed by atoms with van der Waals surface area (Å²) in [5, 5.41) is 14.8. The first-order valence-electron chi connectivity index (χ1n) is 15.2. The summed E-state index contributed by atoms with van der Waals surface area (Å²) in [6.45, 7) is 0. The number of ether oxygens (including phenoxy) is 2. The van der Waals surface area contributed by atoms with Gasteiger partial charge in [-0.15, -0.1) is 11.8 Å². The van der Waals surface area contributed by atoms with Gasteiger partial charge in [-0.1, -0.05) is 42.5 Å². The monoisotopic (exact) mass is 720 g/mol. The Morgan fingerprint density at radius 3 is 2.26 bits per heavy atom. The van der Waals surface area contributed by atoms with Crippen molar-refractivity contribution in [1.82, 2.24) is 9.62 Å². The van der Waals surface area contributed by atoms with Crippen LogP contribution < -0.4 is 14.8 Å². The van der Waals surface area contributed by atoms with Gasteiger partial charge >= 0.3 is 5.97 Å². The van der Waals surface area contributed by atoms with Crippen molar-refractivity contribution in [1.29, 1.82) is 0 Å². The molecule has 0 bridgehead atoms. The number of nitrogens with one attached hydrogen (secondary N) is 2. The minimum absolute atomic E-state index is 0.00866. The molecular formula is C35H36N4O9S2. The summed E-state index contributed by atoms with van der Waals surface area (Å²) in [4.78, 5) is 50.5. The number of sulfonamides is 1. The van der Waals surface area contributed by atoms with Crippen molar-refractivity contribution in [3.05, 3.63) is 112 Å². The molecule has 0 unspecified atom stereocenters. The van der Waals surface area contributed by atoms with E-state index < -0.39 is 43.4 Å². The minimum atomic E-state index is -4.55. The quantitative estimate of drug-likeness (QED) is 0.0719. The van der Waals surface area contributed by atoms with Crippen LogP contribution in [0.15, 0.2) is 101 Å². The van der Waals surface area contributed by atoms with Gasteiger partial charge in [0, 0.05) is 48.4 Å². The number of rotatable bonds is 15. The summed E-state index contributed by atoms with van der Waals surface area (Å²) in [5.74, 6) is -0.874. The molecule has 0 heterocycles. The van der Waals surface area contributed by atoms with Gasteiger partial charge in [0.15, 0.2) is 0 Å². The summed E-state index contributed by atoms with van der Waals surface area (Å²) in [7, 11) is 1.57. The van der Waals surface area contributed by atoms with Crippen LogP contribution in [-0.2, 0) is 30.8 Å². The predicted molar refractivity (Wildman–Crippen MR) is 190 cm³/mol. The number of amides is 2. The fraction of sp³-hybridized carbons (Fsp3) is 0.229. The number of nitro benzene ring substituents is 1. The summed E-state index contributed by atoms with van der Waals surface area (Å²) < 4.78 is 38.7. The highest BCUT2D eigenvalue weighted by Crippen LogP contribution is 2.32. The third-order valence-corrected chi connectivity index (χ3v) is 9.96. The lowest BCUT2D eigenvalue weighted by Crippen LogP contribution is -2.33. The number of nitro groups is 1. The van der Waals surface area contributed by atoms with Crippen molar-refractivity contribution in [3.63, 3.8) is 0 Å². The van der Waals surface area contributed by atoms with Crippen LogP contribution in [0.2, 0.25) is 0 Å². The van der Waals surface area contributed by atoms with Crippen molar-refractivity contribution < 1.29 is 37.2 Å². The van der Waals surface area contributed by atoms with Gasteiger partial charge in [0.1, 0.15) is 17.5 Å². The molecule has 0 aliphatic heterocycles. The second kappa shape index (κ2) is 16.8. The van der Waals surface area contributed by atoms with Gasteiger partial charge in [-0.25, -0.2) is 17.9 Å². The van der Waals surface area contributed by atoms with Gasteiger partial charge in [-0.2, -0.15) is 0 Å². The molecule has 15 heteroatoms. The van der Waals surface area contributed by atoms with Gasteiger partial charge in [0.05, 0.1) is 24.0 Å². The van der Waals surface area contributed by atoms with E-state index in [1.807, 2.05) is 53.3 Å². The molecule has 0 spiro atoms. The second-order valence-corrected chi connectivity index (χ2v) is 13.9. The normalized spacial score (nSPS) is 11.6. The Kier molecular flexibility index (Phi) is 12.6. The molecule has 0 aromatic heterocycles. The minimum Gasteiger partial charge on any atom is -0.496 e. The van der Waals surface area contributed by atoms with E-state index in [-0.39, 0.29) is 22.9 Å². The number of methoxy groups -OCH3 is 2. The Bertz CT molecular complexity index is 1970. The Hall–Kier alpha value is -5.41. The van der Waals surface area contributed by atoms with Crippen LogP contribution >= 0.6 is 11.8 Å². The molecule has 50 heavy (non-hydrogen) atoms. The smallest absolute Gasteiger partial charge is 0.329 e. The zero-order valence-corrected chi connectivity index (χ0v) is 29.4. The average Bonchev–Trinajstić information content (AvgIpc) is 3.11. The highest BCUT2D eigenvalue weighted by Gasteiger charge is 2.27. The number of hydrogen-bond donors (Lipinski definition) is 2. The van der Waals surface area contributed by atoms with Gasteiger partial charge in [0.2, 0.25) is 5.91 Å². The first-order valence-corrected chi connectivity index (χ1v) is 17.6. The zero-order chi connectivity index (χ0) is 36.4. The van der Waals surface area contributed by atoms with Crippen molar-refractivity contribution >= 4 is 50.9 Å². The first kappa shape index (κ1) is 37.4. The van der Waals surface area contributed by atoms with Crippen LogP contribution in [0.4, 0.5) is 11.4 Å². The van der Waals surface area contributed by atoms with Crippen LogP contribution in [-0.4, -0.2) is 76.1 Å². The molecule has 4 aromatic rings. The summed E-state index contributed by atoms with van der Waals surface area (Å²) >= 11 is 1.33. The topological polar surface area (TPSA) is 174 Å². The number of carbonyl (C=O) groups excluding carboxylic acids is 3.